The third-order valence-electron chi connectivity index (χ3n) is 3.06. The maximum Gasteiger partial charge on any atom is 0.251 e. The van der Waals surface area contributed by atoms with E-state index < -0.39 is 11.6 Å². The first-order chi connectivity index (χ1) is 8.61. The lowest BCUT2D eigenvalue weighted by molar-refractivity contribution is 0.0812. The number of aryl methyl sites for hydroxylation is 1. The van der Waals surface area contributed by atoms with E-state index in [1.165, 1.54) is 6.07 Å². The number of ketones is 2. The number of nitrogens with zero attached hydrogens (tertiary/aromatic N) is 1. The van der Waals surface area contributed by atoms with Crippen molar-refractivity contribution < 1.29 is 9.59 Å². The topological polar surface area (TPSA) is 88.8 Å². The van der Waals surface area contributed by atoms with Crippen molar-refractivity contribution in [1.29, 1.82) is 0 Å². The number of Topliss-reactive ketones (excluding diaryl/α,β-unsaturated/α-hetero) is 2. The fraction of sp³-hybridized carbons (Fsp3) is 0.154. The molecule has 0 bridgehead atoms. The number of hydrogen-bond acceptors (Lipinski definition) is 4. The number of anilines is 1. The van der Waals surface area contributed by atoms with Crippen molar-refractivity contribution in [3.05, 3.63) is 35.3 Å². The fourth-order valence-electron chi connectivity index (χ4n) is 2.14. The van der Waals surface area contributed by atoms with Crippen molar-refractivity contribution in [1.82, 2.24) is 9.97 Å². The SMILES string of the molecule is CCc1nc2c([nH]1)C(=O)C(=O)c1cc(N)ccc1-2. The summed E-state index contributed by atoms with van der Waals surface area (Å²) in [4.78, 5) is 31.2. The number of hydrogen-bond donors (Lipinski definition) is 2. The number of nitrogen functional groups attached to an aromatic ring is 1. The van der Waals surface area contributed by atoms with Crippen LogP contribution in [0.3, 0.4) is 0 Å². The van der Waals surface area contributed by atoms with Crippen LogP contribution in [0.1, 0.15) is 33.6 Å². The number of fused-ring (bicyclic) bond motifs is 3. The van der Waals surface area contributed by atoms with Crippen molar-refractivity contribution in [2.45, 2.75) is 13.3 Å². The Morgan fingerprint density at radius 1 is 1.22 bits per heavy atom. The molecule has 0 radical (unpaired) electrons. The van der Waals surface area contributed by atoms with Crippen LogP contribution in [-0.4, -0.2) is 21.5 Å². The number of aromatic amines is 1. The summed E-state index contributed by atoms with van der Waals surface area (Å²) >= 11 is 0. The lowest BCUT2D eigenvalue weighted by Gasteiger charge is -2.13. The number of carbonyl (C=O) groups excluding carboxylic acids is 2. The van der Waals surface area contributed by atoms with Crippen molar-refractivity contribution in [3.8, 4) is 11.3 Å². The maximum absolute atomic E-state index is 12.0. The van der Waals surface area contributed by atoms with E-state index in [0.29, 0.717) is 34.8 Å². The van der Waals surface area contributed by atoms with Gasteiger partial charge in [0.25, 0.3) is 5.78 Å². The predicted octanol–water partition coefficient (Wildman–Crippen LogP) is 1.60. The summed E-state index contributed by atoms with van der Waals surface area (Å²) in [5.41, 5.74) is 7.95. The molecule has 0 atom stereocenters. The summed E-state index contributed by atoms with van der Waals surface area (Å²) in [5, 5.41) is 0. The number of aromatic nitrogens is 2. The lowest BCUT2D eigenvalue weighted by Crippen LogP contribution is -2.21. The van der Waals surface area contributed by atoms with Crippen LogP contribution in [0.25, 0.3) is 11.3 Å². The first kappa shape index (κ1) is 10.7. The molecule has 0 spiro atoms. The highest BCUT2D eigenvalue weighted by Crippen LogP contribution is 2.32. The van der Waals surface area contributed by atoms with Gasteiger partial charge >= 0.3 is 0 Å². The summed E-state index contributed by atoms with van der Waals surface area (Å²) in [7, 11) is 0. The van der Waals surface area contributed by atoms with Gasteiger partial charge in [-0.3, -0.25) is 9.59 Å². The Labute approximate surface area is 103 Å². The largest absolute Gasteiger partial charge is 0.399 e. The van der Waals surface area contributed by atoms with Gasteiger partial charge < -0.3 is 10.7 Å². The van der Waals surface area contributed by atoms with Crippen LogP contribution in [0.5, 0.6) is 0 Å². The monoisotopic (exact) mass is 241 g/mol. The molecule has 18 heavy (non-hydrogen) atoms. The molecule has 2 aromatic rings. The lowest BCUT2D eigenvalue weighted by atomic mass is 9.90. The molecule has 90 valence electrons. The van der Waals surface area contributed by atoms with Crippen LogP contribution in [0.4, 0.5) is 5.69 Å². The molecule has 1 heterocycles. The number of nitrogens with two attached hydrogens (primary N) is 1. The molecule has 1 aromatic carbocycles. The van der Waals surface area contributed by atoms with Crippen LogP contribution in [0.2, 0.25) is 0 Å². The second-order valence-electron chi connectivity index (χ2n) is 4.22. The normalized spacial score (nSPS) is 13.4. The molecule has 0 unspecified atom stereocenters. The molecule has 0 saturated heterocycles. The summed E-state index contributed by atoms with van der Waals surface area (Å²) in [5.74, 6) is -0.378. The zero-order chi connectivity index (χ0) is 12.9. The van der Waals surface area contributed by atoms with E-state index in [0.717, 1.165) is 0 Å². The van der Waals surface area contributed by atoms with Gasteiger partial charge in [-0.1, -0.05) is 6.92 Å². The molecule has 0 fully saturated rings. The van der Waals surface area contributed by atoms with Gasteiger partial charge in [-0.2, -0.15) is 0 Å². The molecule has 5 heteroatoms. The van der Waals surface area contributed by atoms with Gasteiger partial charge in [-0.05, 0) is 18.2 Å². The van der Waals surface area contributed by atoms with Crippen molar-refractivity contribution in [2.75, 3.05) is 5.73 Å². The Morgan fingerprint density at radius 3 is 2.72 bits per heavy atom. The van der Waals surface area contributed by atoms with Crippen molar-refractivity contribution in [2.24, 2.45) is 0 Å². The van der Waals surface area contributed by atoms with E-state index in [2.05, 4.69) is 9.97 Å². The number of benzene rings is 1. The van der Waals surface area contributed by atoms with Gasteiger partial charge in [0, 0.05) is 23.2 Å². The maximum atomic E-state index is 12.0. The standard InChI is InChI=1S/C13H11N3O2/c1-2-9-15-10-7-4-3-6(14)5-8(7)12(17)13(18)11(10)16-9/h3-5H,2,14H2,1H3,(H,15,16). The summed E-state index contributed by atoms with van der Waals surface area (Å²) < 4.78 is 0. The van der Waals surface area contributed by atoms with Crippen LogP contribution in [-0.2, 0) is 6.42 Å². The average Bonchev–Trinajstić information content (AvgIpc) is 2.80. The number of imidazole rings is 1. The first-order valence-electron chi connectivity index (χ1n) is 5.69. The predicted molar refractivity (Wildman–Crippen MR) is 66.5 cm³/mol. The fourth-order valence-corrected chi connectivity index (χ4v) is 2.14. The van der Waals surface area contributed by atoms with Crippen LogP contribution in [0.15, 0.2) is 18.2 Å². The Hall–Kier alpha value is -2.43. The van der Waals surface area contributed by atoms with Crippen LogP contribution in [0, 0.1) is 0 Å². The number of H-pyrrole nitrogens is 1. The quantitative estimate of drug-likeness (QED) is 0.586. The van der Waals surface area contributed by atoms with E-state index in [-0.39, 0.29) is 5.69 Å². The summed E-state index contributed by atoms with van der Waals surface area (Å²) in [6.07, 6.45) is 0.679. The van der Waals surface area contributed by atoms with E-state index in [1.807, 2.05) is 6.92 Å². The van der Waals surface area contributed by atoms with Gasteiger partial charge in [0.1, 0.15) is 17.2 Å². The second-order valence-corrected chi connectivity index (χ2v) is 4.22. The smallest absolute Gasteiger partial charge is 0.251 e. The second kappa shape index (κ2) is 3.53. The Morgan fingerprint density at radius 2 is 2.00 bits per heavy atom. The number of carbonyl (C=O) groups is 2. The Kier molecular flexibility index (Phi) is 2.10. The minimum atomic E-state index is -0.546. The number of nitrogens with one attached hydrogen (secondary N) is 1. The van der Waals surface area contributed by atoms with Gasteiger partial charge in [-0.25, -0.2) is 4.98 Å². The molecule has 3 rings (SSSR count). The Balaban J connectivity index is 2.33. The molecule has 1 aliphatic carbocycles. The first-order valence-corrected chi connectivity index (χ1v) is 5.69. The molecule has 3 N–H and O–H groups in total. The molecule has 0 aliphatic heterocycles. The highest BCUT2D eigenvalue weighted by molar-refractivity contribution is 6.52. The van der Waals surface area contributed by atoms with Crippen molar-refractivity contribution in [3.63, 3.8) is 0 Å². The minimum Gasteiger partial charge on any atom is -0.399 e. The van der Waals surface area contributed by atoms with Gasteiger partial charge in [0.15, 0.2) is 0 Å². The van der Waals surface area contributed by atoms with Crippen molar-refractivity contribution >= 4 is 17.3 Å². The van der Waals surface area contributed by atoms with E-state index in [9.17, 15) is 9.59 Å². The zero-order valence-electron chi connectivity index (χ0n) is 9.78. The van der Waals surface area contributed by atoms with E-state index in [1.54, 1.807) is 12.1 Å². The third kappa shape index (κ3) is 1.30. The minimum absolute atomic E-state index is 0.286. The molecule has 0 saturated carbocycles. The molecule has 5 nitrogen and oxygen atoms in total. The molecule has 0 amide bonds. The summed E-state index contributed by atoms with van der Waals surface area (Å²) in [6, 6.07) is 4.96. The van der Waals surface area contributed by atoms with E-state index >= 15 is 0 Å². The number of rotatable bonds is 1. The van der Waals surface area contributed by atoms with Gasteiger partial charge in [0.2, 0.25) is 5.78 Å². The van der Waals surface area contributed by atoms with Crippen LogP contribution < -0.4 is 5.73 Å². The van der Waals surface area contributed by atoms with E-state index in [4.69, 9.17) is 5.73 Å². The third-order valence-corrected chi connectivity index (χ3v) is 3.06. The van der Waals surface area contributed by atoms with Gasteiger partial charge in [0.05, 0.1) is 0 Å². The molecule has 1 aliphatic rings. The summed E-state index contributed by atoms with van der Waals surface area (Å²) in [6.45, 7) is 1.93. The zero-order valence-corrected chi connectivity index (χ0v) is 9.78. The molecular formula is C13H11N3O2. The average molecular weight is 241 g/mol. The molecular weight excluding hydrogens is 230 g/mol. The Bertz CT molecular complexity index is 686. The van der Waals surface area contributed by atoms with Gasteiger partial charge in [-0.15, -0.1) is 0 Å². The molecule has 1 aromatic heterocycles. The highest BCUT2D eigenvalue weighted by atomic mass is 16.2. The highest BCUT2D eigenvalue weighted by Gasteiger charge is 2.33. The van der Waals surface area contributed by atoms with Crippen LogP contribution >= 0.6 is 0 Å².